The fourth-order valence-corrected chi connectivity index (χ4v) is 2.71. The summed E-state index contributed by atoms with van der Waals surface area (Å²) >= 11 is 0. The summed E-state index contributed by atoms with van der Waals surface area (Å²) in [6, 6.07) is 4.63. The van der Waals surface area contributed by atoms with E-state index in [0.717, 1.165) is 23.4 Å². The standard InChI is InChI=1S/C17H15F3N4O2/c1-10-12(11(2)24-16(23-10)21-9-22-24)7-8-15(25)26-14-6-4-3-5-13(14)17(18,19)20/h3-6,9H,7-8H2,1-2H3. The van der Waals surface area contributed by atoms with Crippen molar-refractivity contribution in [1.82, 2.24) is 19.6 Å². The van der Waals surface area contributed by atoms with Gasteiger partial charge in [0.2, 0.25) is 0 Å². The monoisotopic (exact) mass is 364 g/mol. The number of carbonyl (C=O) groups is 1. The third-order valence-corrected chi connectivity index (χ3v) is 3.98. The van der Waals surface area contributed by atoms with Crippen LogP contribution in [0.3, 0.4) is 0 Å². The summed E-state index contributed by atoms with van der Waals surface area (Å²) in [5, 5.41) is 4.06. The molecule has 0 saturated carbocycles. The average molecular weight is 364 g/mol. The van der Waals surface area contributed by atoms with Crippen LogP contribution in [0, 0.1) is 13.8 Å². The van der Waals surface area contributed by atoms with Crippen LogP contribution in [0.2, 0.25) is 0 Å². The van der Waals surface area contributed by atoms with Crippen molar-refractivity contribution in [2.24, 2.45) is 0 Å². The molecule has 2 aromatic heterocycles. The number of hydrogen-bond donors (Lipinski definition) is 0. The van der Waals surface area contributed by atoms with Crippen LogP contribution in [-0.2, 0) is 17.4 Å². The molecule has 0 N–H and O–H groups in total. The Hall–Kier alpha value is -2.97. The molecule has 9 heteroatoms. The topological polar surface area (TPSA) is 69.4 Å². The van der Waals surface area contributed by atoms with Gasteiger partial charge in [-0.1, -0.05) is 12.1 Å². The molecule has 0 atom stereocenters. The van der Waals surface area contributed by atoms with Crippen LogP contribution >= 0.6 is 0 Å². The molecule has 0 amide bonds. The Bertz CT molecular complexity index is 966. The number of carbonyl (C=O) groups excluding carboxylic acids is 1. The second kappa shape index (κ2) is 6.74. The minimum absolute atomic E-state index is 0.0875. The van der Waals surface area contributed by atoms with Crippen LogP contribution in [0.5, 0.6) is 5.75 Å². The summed E-state index contributed by atoms with van der Waals surface area (Å²) in [4.78, 5) is 20.4. The summed E-state index contributed by atoms with van der Waals surface area (Å²) < 4.78 is 45.4. The lowest BCUT2D eigenvalue weighted by Gasteiger charge is -2.13. The number of halogens is 3. The average Bonchev–Trinajstić information content (AvgIpc) is 3.02. The smallest absolute Gasteiger partial charge is 0.419 e. The Balaban J connectivity index is 1.75. The molecule has 0 aliphatic carbocycles. The SMILES string of the molecule is Cc1nc2ncnn2c(C)c1CCC(=O)Oc1ccccc1C(F)(F)F. The van der Waals surface area contributed by atoms with E-state index >= 15 is 0 Å². The number of benzene rings is 1. The van der Waals surface area contributed by atoms with Gasteiger partial charge in [0.05, 0.1) is 12.0 Å². The maximum atomic E-state index is 13.0. The number of alkyl halides is 3. The van der Waals surface area contributed by atoms with Gasteiger partial charge in [-0.15, -0.1) is 0 Å². The first kappa shape index (κ1) is 17.8. The molecule has 2 heterocycles. The first-order chi connectivity index (χ1) is 12.3. The highest BCUT2D eigenvalue weighted by Gasteiger charge is 2.34. The molecule has 3 aromatic rings. The van der Waals surface area contributed by atoms with E-state index in [1.165, 1.54) is 18.5 Å². The zero-order valence-electron chi connectivity index (χ0n) is 14.0. The number of esters is 1. The highest BCUT2D eigenvalue weighted by Crippen LogP contribution is 2.36. The normalized spacial score (nSPS) is 11.7. The van der Waals surface area contributed by atoms with Gasteiger partial charge >= 0.3 is 12.1 Å². The maximum absolute atomic E-state index is 13.0. The number of fused-ring (bicyclic) bond motifs is 1. The number of aromatic nitrogens is 4. The van der Waals surface area contributed by atoms with Gasteiger partial charge in [-0.25, -0.2) is 9.50 Å². The molecule has 3 rings (SSSR count). The van der Waals surface area contributed by atoms with Crippen LogP contribution in [0.25, 0.3) is 5.78 Å². The molecule has 0 unspecified atom stereocenters. The van der Waals surface area contributed by atoms with Crippen molar-refractivity contribution in [2.45, 2.75) is 32.9 Å². The molecule has 26 heavy (non-hydrogen) atoms. The van der Waals surface area contributed by atoms with Gasteiger partial charge < -0.3 is 4.74 Å². The van der Waals surface area contributed by atoms with Crippen molar-refractivity contribution in [1.29, 1.82) is 0 Å². The van der Waals surface area contributed by atoms with Crippen LogP contribution in [-0.4, -0.2) is 25.6 Å². The summed E-state index contributed by atoms with van der Waals surface area (Å²) in [6.45, 7) is 3.59. The fourth-order valence-electron chi connectivity index (χ4n) is 2.71. The number of para-hydroxylation sites is 1. The van der Waals surface area contributed by atoms with Crippen molar-refractivity contribution < 1.29 is 22.7 Å². The van der Waals surface area contributed by atoms with Gasteiger partial charge in [0.15, 0.2) is 0 Å². The first-order valence-corrected chi connectivity index (χ1v) is 7.80. The maximum Gasteiger partial charge on any atom is 0.419 e. The molecule has 0 fully saturated rings. The van der Waals surface area contributed by atoms with Gasteiger partial charge in [-0.3, -0.25) is 4.79 Å². The third-order valence-electron chi connectivity index (χ3n) is 3.98. The van der Waals surface area contributed by atoms with Crippen molar-refractivity contribution in [3.8, 4) is 5.75 Å². The number of hydrogen-bond acceptors (Lipinski definition) is 5. The number of aryl methyl sites for hydroxylation is 2. The molecule has 0 aliphatic rings. The Kier molecular flexibility index (Phi) is 4.62. The lowest BCUT2D eigenvalue weighted by molar-refractivity contribution is -0.142. The highest BCUT2D eigenvalue weighted by molar-refractivity contribution is 5.73. The van der Waals surface area contributed by atoms with E-state index in [9.17, 15) is 18.0 Å². The minimum atomic E-state index is -4.59. The van der Waals surface area contributed by atoms with E-state index in [-0.39, 0.29) is 12.8 Å². The van der Waals surface area contributed by atoms with E-state index < -0.39 is 23.5 Å². The van der Waals surface area contributed by atoms with Gasteiger partial charge in [0.1, 0.15) is 12.1 Å². The third kappa shape index (κ3) is 3.51. The van der Waals surface area contributed by atoms with Crippen molar-refractivity contribution in [2.75, 3.05) is 0 Å². The molecular weight excluding hydrogens is 349 g/mol. The van der Waals surface area contributed by atoms with Gasteiger partial charge in [0.25, 0.3) is 5.78 Å². The predicted octanol–water partition coefficient (Wildman–Crippen LogP) is 3.30. The molecule has 0 saturated heterocycles. The van der Waals surface area contributed by atoms with E-state index in [4.69, 9.17) is 4.74 Å². The Morgan fingerprint density at radius 3 is 2.69 bits per heavy atom. The molecule has 0 aliphatic heterocycles. The van der Waals surface area contributed by atoms with Crippen molar-refractivity contribution >= 4 is 11.7 Å². The molecule has 0 radical (unpaired) electrons. The quantitative estimate of drug-likeness (QED) is 0.525. The summed E-state index contributed by atoms with van der Waals surface area (Å²) in [5.41, 5.74) is 1.26. The van der Waals surface area contributed by atoms with E-state index in [1.54, 1.807) is 11.4 Å². The van der Waals surface area contributed by atoms with E-state index in [2.05, 4.69) is 15.1 Å². The summed E-state index contributed by atoms with van der Waals surface area (Å²) in [5.74, 6) is -0.798. The van der Waals surface area contributed by atoms with Crippen LogP contribution < -0.4 is 4.74 Å². The van der Waals surface area contributed by atoms with Gasteiger partial charge in [-0.05, 0) is 38.0 Å². The van der Waals surface area contributed by atoms with Crippen molar-refractivity contribution in [3.63, 3.8) is 0 Å². The molecule has 1 aromatic carbocycles. The Labute approximate surface area is 146 Å². The van der Waals surface area contributed by atoms with Crippen molar-refractivity contribution in [3.05, 3.63) is 53.1 Å². The fraction of sp³-hybridized carbons (Fsp3) is 0.294. The minimum Gasteiger partial charge on any atom is -0.426 e. The molecule has 136 valence electrons. The first-order valence-electron chi connectivity index (χ1n) is 7.80. The zero-order valence-corrected chi connectivity index (χ0v) is 14.0. The molecule has 0 spiro atoms. The Morgan fingerprint density at radius 2 is 1.96 bits per heavy atom. The second-order valence-electron chi connectivity index (χ2n) is 5.70. The zero-order chi connectivity index (χ0) is 18.9. The van der Waals surface area contributed by atoms with E-state index in [1.807, 2.05) is 6.92 Å². The summed E-state index contributed by atoms with van der Waals surface area (Å²) in [7, 11) is 0. The molecule has 6 nitrogen and oxygen atoms in total. The predicted molar refractivity (Wildman–Crippen MR) is 85.7 cm³/mol. The lowest BCUT2D eigenvalue weighted by atomic mass is 10.1. The van der Waals surface area contributed by atoms with Crippen LogP contribution in [0.15, 0.2) is 30.6 Å². The van der Waals surface area contributed by atoms with E-state index in [0.29, 0.717) is 11.5 Å². The molecular formula is C17H15F3N4O2. The van der Waals surface area contributed by atoms with Gasteiger partial charge in [-0.2, -0.15) is 23.3 Å². The van der Waals surface area contributed by atoms with Gasteiger partial charge in [0, 0.05) is 11.4 Å². The number of rotatable bonds is 4. The number of ether oxygens (including phenoxy) is 1. The highest BCUT2D eigenvalue weighted by atomic mass is 19.4. The summed E-state index contributed by atoms with van der Waals surface area (Å²) in [6.07, 6.45) is -3.03. The second-order valence-corrected chi connectivity index (χ2v) is 5.70. The molecule has 0 bridgehead atoms. The van der Waals surface area contributed by atoms with Crippen LogP contribution in [0.4, 0.5) is 13.2 Å². The van der Waals surface area contributed by atoms with Crippen LogP contribution in [0.1, 0.15) is 28.9 Å². The lowest BCUT2D eigenvalue weighted by Crippen LogP contribution is -2.15. The Morgan fingerprint density at radius 1 is 1.23 bits per heavy atom. The number of nitrogens with zero attached hydrogens (tertiary/aromatic N) is 4. The largest absolute Gasteiger partial charge is 0.426 e.